The largest absolute Gasteiger partial charge is 0.508 e. The summed E-state index contributed by atoms with van der Waals surface area (Å²) in [6.07, 6.45) is -0.176. The van der Waals surface area contributed by atoms with Crippen LogP contribution in [0.15, 0.2) is 18.2 Å². The van der Waals surface area contributed by atoms with Crippen molar-refractivity contribution in [3.8, 4) is 11.5 Å². The van der Waals surface area contributed by atoms with Gasteiger partial charge in [-0.05, 0) is 37.5 Å². The number of hydrogen-bond acceptors (Lipinski definition) is 10. The van der Waals surface area contributed by atoms with E-state index in [-0.39, 0.29) is 37.2 Å². The van der Waals surface area contributed by atoms with E-state index in [2.05, 4.69) is 5.32 Å². The van der Waals surface area contributed by atoms with Crippen molar-refractivity contribution >= 4 is 24.1 Å². The zero-order valence-corrected chi connectivity index (χ0v) is 18.4. The minimum atomic E-state index is -0.780. The molecule has 0 heterocycles. The number of esters is 3. The molecule has 0 radical (unpaired) electrons. The normalized spacial score (nSPS) is 12.3. The Balaban J connectivity index is 2.78. The van der Waals surface area contributed by atoms with Crippen LogP contribution in [-0.2, 0) is 35.0 Å². The summed E-state index contributed by atoms with van der Waals surface area (Å²) in [5, 5.41) is 2.95. The average molecular weight is 439 g/mol. The highest BCUT2D eigenvalue weighted by atomic mass is 16.7. The molecule has 172 valence electrons. The fraction of sp³-hybridized carbons (Fsp3) is 0.524. The van der Waals surface area contributed by atoms with E-state index in [1.165, 1.54) is 33.1 Å². The van der Waals surface area contributed by atoms with Crippen molar-refractivity contribution in [1.29, 1.82) is 0 Å². The number of carbonyl (C=O) groups is 4. The standard InChI is InChI=1S/C21H29NO9/c1-6-13(2)29-21(26)28-10-9-22-17(20(25)27-5)11-16-7-8-18(30-14(3)23)19(12-16)31-15(4)24/h7-8,12-13,17,22H,6,9-11H2,1-5H3/t13?,17-/m0/s1. The first-order valence-corrected chi connectivity index (χ1v) is 9.80. The van der Waals surface area contributed by atoms with E-state index in [9.17, 15) is 19.2 Å². The van der Waals surface area contributed by atoms with Crippen LogP contribution in [0.1, 0.15) is 39.7 Å². The van der Waals surface area contributed by atoms with Gasteiger partial charge in [-0.3, -0.25) is 14.4 Å². The maximum atomic E-state index is 12.1. The monoisotopic (exact) mass is 439 g/mol. The first kappa shape index (κ1) is 25.9. The summed E-state index contributed by atoms with van der Waals surface area (Å²) >= 11 is 0. The summed E-state index contributed by atoms with van der Waals surface area (Å²) in [5.41, 5.74) is 0.618. The number of nitrogens with one attached hydrogen (secondary N) is 1. The van der Waals surface area contributed by atoms with Crippen LogP contribution < -0.4 is 14.8 Å². The Morgan fingerprint density at radius 1 is 1.03 bits per heavy atom. The van der Waals surface area contributed by atoms with Crippen LogP contribution in [0.4, 0.5) is 4.79 Å². The quantitative estimate of drug-likeness (QED) is 0.311. The van der Waals surface area contributed by atoms with Gasteiger partial charge >= 0.3 is 24.1 Å². The summed E-state index contributed by atoms with van der Waals surface area (Å²) in [6, 6.07) is 3.83. The Morgan fingerprint density at radius 3 is 2.26 bits per heavy atom. The molecule has 1 aromatic rings. The van der Waals surface area contributed by atoms with Crippen molar-refractivity contribution in [2.24, 2.45) is 0 Å². The van der Waals surface area contributed by atoms with E-state index in [1.807, 2.05) is 6.92 Å². The molecule has 1 unspecified atom stereocenters. The highest BCUT2D eigenvalue weighted by molar-refractivity contribution is 5.76. The molecule has 1 N–H and O–H groups in total. The molecule has 0 aliphatic rings. The first-order valence-electron chi connectivity index (χ1n) is 9.80. The number of methoxy groups -OCH3 is 1. The third kappa shape index (κ3) is 9.94. The Hall–Kier alpha value is -3.14. The molecule has 1 aromatic carbocycles. The van der Waals surface area contributed by atoms with Gasteiger partial charge in [0.1, 0.15) is 18.8 Å². The second kappa shape index (κ2) is 13.2. The maximum Gasteiger partial charge on any atom is 0.508 e. The average Bonchev–Trinajstić information content (AvgIpc) is 2.70. The lowest BCUT2D eigenvalue weighted by atomic mass is 10.1. The van der Waals surface area contributed by atoms with Crippen LogP contribution in [0.2, 0.25) is 0 Å². The molecule has 0 aliphatic heterocycles. The highest BCUT2D eigenvalue weighted by Crippen LogP contribution is 2.29. The second-order valence-corrected chi connectivity index (χ2v) is 6.64. The van der Waals surface area contributed by atoms with Gasteiger partial charge in [0.15, 0.2) is 11.5 Å². The molecule has 0 aromatic heterocycles. The van der Waals surface area contributed by atoms with Gasteiger partial charge in [-0.25, -0.2) is 4.79 Å². The number of carbonyl (C=O) groups excluding carboxylic acids is 4. The van der Waals surface area contributed by atoms with Crippen LogP contribution in [0.3, 0.4) is 0 Å². The molecular weight excluding hydrogens is 410 g/mol. The minimum absolute atomic E-state index is 0.00709. The molecule has 0 fully saturated rings. The molecule has 2 atom stereocenters. The first-order chi connectivity index (χ1) is 14.7. The summed E-state index contributed by atoms with van der Waals surface area (Å²) < 4.78 is 24.9. The van der Waals surface area contributed by atoms with Crippen molar-refractivity contribution < 1.29 is 42.9 Å². The molecule has 0 amide bonds. The van der Waals surface area contributed by atoms with E-state index >= 15 is 0 Å². The predicted molar refractivity (Wildman–Crippen MR) is 109 cm³/mol. The summed E-state index contributed by atoms with van der Waals surface area (Å²) in [7, 11) is 1.26. The van der Waals surface area contributed by atoms with Crippen LogP contribution >= 0.6 is 0 Å². The van der Waals surface area contributed by atoms with Crippen LogP contribution in [0, 0.1) is 0 Å². The Labute approximate surface area is 181 Å². The lowest BCUT2D eigenvalue weighted by Gasteiger charge is -2.18. The van der Waals surface area contributed by atoms with E-state index in [0.717, 1.165) is 0 Å². The van der Waals surface area contributed by atoms with E-state index in [1.54, 1.807) is 13.0 Å². The zero-order chi connectivity index (χ0) is 23.4. The van der Waals surface area contributed by atoms with Gasteiger partial charge in [-0.15, -0.1) is 0 Å². The van der Waals surface area contributed by atoms with Gasteiger partial charge in [0, 0.05) is 20.4 Å². The van der Waals surface area contributed by atoms with E-state index in [4.69, 9.17) is 23.7 Å². The second-order valence-electron chi connectivity index (χ2n) is 6.64. The molecule has 10 heteroatoms. The Bertz CT molecular complexity index is 778. The number of hydrogen-bond donors (Lipinski definition) is 1. The smallest absolute Gasteiger partial charge is 0.468 e. The van der Waals surface area contributed by atoms with E-state index < -0.39 is 30.1 Å². The van der Waals surface area contributed by atoms with Crippen LogP contribution in [0.25, 0.3) is 0 Å². The van der Waals surface area contributed by atoms with Crippen molar-refractivity contribution in [2.75, 3.05) is 20.3 Å². The predicted octanol–water partition coefficient (Wildman–Crippen LogP) is 2.16. The van der Waals surface area contributed by atoms with Gasteiger partial charge in [0.2, 0.25) is 0 Å². The molecule has 1 rings (SSSR count). The van der Waals surface area contributed by atoms with Gasteiger partial charge in [-0.2, -0.15) is 0 Å². The van der Waals surface area contributed by atoms with Gasteiger partial charge in [0.25, 0.3) is 0 Å². The Morgan fingerprint density at radius 2 is 1.68 bits per heavy atom. The van der Waals surface area contributed by atoms with Gasteiger partial charge in [-0.1, -0.05) is 13.0 Å². The lowest BCUT2D eigenvalue weighted by molar-refractivity contribution is -0.143. The summed E-state index contributed by atoms with van der Waals surface area (Å²) in [5.74, 6) is -1.54. The zero-order valence-electron chi connectivity index (χ0n) is 18.4. The summed E-state index contributed by atoms with van der Waals surface area (Å²) in [6.45, 7) is 6.25. The molecule has 0 aliphatic carbocycles. The van der Waals surface area contributed by atoms with Crippen molar-refractivity contribution in [1.82, 2.24) is 5.32 Å². The van der Waals surface area contributed by atoms with Gasteiger partial charge < -0.3 is 29.0 Å². The number of ether oxygens (including phenoxy) is 5. The number of benzene rings is 1. The molecule has 0 saturated carbocycles. The van der Waals surface area contributed by atoms with Crippen LogP contribution in [0.5, 0.6) is 11.5 Å². The Kier molecular flexibility index (Phi) is 11.0. The SMILES string of the molecule is CCC(C)OC(=O)OCCN[C@@H](Cc1ccc(OC(C)=O)c(OC(C)=O)c1)C(=O)OC. The number of rotatable bonds is 11. The lowest BCUT2D eigenvalue weighted by Crippen LogP contribution is -2.41. The fourth-order valence-corrected chi connectivity index (χ4v) is 2.42. The third-order valence-electron chi connectivity index (χ3n) is 4.03. The van der Waals surface area contributed by atoms with Crippen molar-refractivity contribution in [2.45, 2.75) is 52.7 Å². The molecular formula is C21H29NO9. The van der Waals surface area contributed by atoms with Gasteiger partial charge in [0.05, 0.1) is 7.11 Å². The molecule has 31 heavy (non-hydrogen) atoms. The molecule has 0 saturated heterocycles. The topological polar surface area (TPSA) is 126 Å². The molecule has 0 bridgehead atoms. The molecule has 10 nitrogen and oxygen atoms in total. The fourth-order valence-electron chi connectivity index (χ4n) is 2.42. The molecule has 0 spiro atoms. The highest BCUT2D eigenvalue weighted by Gasteiger charge is 2.21. The van der Waals surface area contributed by atoms with Crippen LogP contribution in [-0.4, -0.2) is 56.5 Å². The maximum absolute atomic E-state index is 12.1. The van der Waals surface area contributed by atoms with E-state index in [0.29, 0.717) is 12.0 Å². The third-order valence-corrected chi connectivity index (χ3v) is 4.03. The minimum Gasteiger partial charge on any atom is -0.468 e. The summed E-state index contributed by atoms with van der Waals surface area (Å²) in [4.78, 5) is 46.3. The van der Waals surface area contributed by atoms with Crippen molar-refractivity contribution in [3.05, 3.63) is 23.8 Å². The van der Waals surface area contributed by atoms with Crippen molar-refractivity contribution in [3.63, 3.8) is 0 Å².